The van der Waals surface area contributed by atoms with Crippen molar-refractivity contribution in [3.05, 3.63) is 35.4 Å². The number of amides is 2. The summed E-state index contributed by atoms with van der Waals surface area (Å²) in [6, 6.07) is 6.26. The molecule has 0 bridgehead atoms. The summed E-state index contributed by atoms with van der Waals surface area (Å²) in [4.78, 5) is 36.0. The number of hydrogen-bond acceptors (Lipinski definition) is 5. The first-order valence-electron chi connectivity index (χ1n) is 6.84. The molecule has 116 valence electrons. The van der Waals surface area contributed by atoms with E-state index in [-0.39, 0.29) is 24.5 Å². The molecule has 22 heavy (non-hydrogen) atoms. The lowest BCUT2D eigenvalue weighted by Gasteiger charge is -2.22. The van der Waals surface area contributed by atoms with E-state index >= 15 is 0 Å². The largest absolute Gasteiger partial charge is 0.462 e. The van der Waals surface area contributed by atoms with Crippen LogP contribution in [0.25, 0.3) is 5.70 Å². The van der Waals surface area contributed by atoms with Gasteiger partial charge < -0.3 is 20.1 Å². The number of nitrogens with one attached hydrogen (secondary N) is 2. The molecule has 0 saturated heterocycles. The molecule has 2 rings (SSSR count). The van der Waals surface area contributed by atoms with E-state index in [1.54, 1.807) is 38.1 Å². The highest BCUT2D eigenvalue weighted by Crippen LogP contribution is 2.29. The van der Waals surface area contributed by atoms with Crippen LogP contribution >= 0.6 is 0 Å². The summed E-state index contributed by atoms with van der Waals surface area (Å²) in [7, 11) is 0. The predicted octanol–water partition coefficient (Wildman–Crippen LogP) is 1.66. The number of para-hydroxylation sites is 1. The van der Waals surface area contributed by atoms with E-state index < -0.39 is 18.0 Å². The molecule has 1 aliphatic heterocycles. The van der Waals surface area contributed by atoms with Crippen molar-refractivity contribution < 1.29 is 23.9 Å². The first kappa shape index (κ1) is 15.6. The van der Waals surface area contributed by atoms with Gasteiger partial charge in [0.1, 0.15) is 0 Å². The monoisotopic (exact) mass is 304 g/mol. The van der Waals surface area contributed by atoms with Crippen LogP contribution in [-0.4, -0.2) is 31.2 Å². The molecular weight excluding hydrogens is 288 g/mol. The Balaban J connectivity index is 2.60. The van der Waals surface area contributed by atoms with Crippen molar-refractivity contribution >= 4 is 29.4 Å². The second-order valence-corrected chi connectivity index (χ2v) is 4.32. The van der Waals surface area contributed by atoms with Crippen LogP contribution in [-0.2, 0) is 19.1 Å². The number of hydrogen-bond donors (Lipinski definition) is 2. The molecule has 1 aromatic rings. The van der Waals surface area contributed by atoms with E-state index in [9.17, 15) is 14.4 Å². The zero-order valence-corrected chi connectivity index (χ0v) is 12.3. The van der Waals surface area contributed by atoms with Crippen molar-refractivity contribution in [1.82, 2.24) is 5.32 Å². The number of urea groups is 1. The van der Waals surface area contributed by atoms with E-state index in [2.05, 4.69) is 10.6 Å². The topological polar surface area (TPSA) is 93.7 Å². The zero-order chi connectivity index (χ0) is 16.1. The molecule has 0 saturated carbocycles. The van der Waals surface area contributed by atoms with Crippen LogP contribution in [0.1, 0.15) is 19.4 Å². The fraction of sp³-hybridized carbons (Fsp3) is 0.267. The third-order valence-corrected chi connectivity index (χ3v) is 2.89. The molecule has 0 spiro atoms. The van der Waals surface area contributed by atoms with Crippen LogP contribution in [0.2, 0.25) is 0 Å². The Morgan fingerprint density at radius 3 is 2.18 bits per heavy atom. The maximum absolute atomic E-state index is 12.1. The summed E-state index contributed by atoms with van der Waals surface area (Å²) >= 11 is 0. The molecule has 1 aromatic carbocycles. The maximum Gasteiger partial charge on any atom is 0.347 e. The Hall–Kier alpha value is -2.83. The van der Waals surface area contributed by atoms with Crippen molar-refractivity contribution in [3.8, 4) is 0 Å². The molecule has 2 amide bonds. The molecule has 0 aromatic heterocycles. The highest BCUT2D eigenvalue weighted by Gasteiger charge is 2.31. The molecule has 7 heteroatoms. The average molecular weight is 304 g/mol. The molecule has 0 aliphatic carbocycles. The highest BCUT2D eigenvalue weighted by atomic mass is 16.6. The van der Waals surface area contributed by atoms with Crippen LogP contribution in [0.5, 0.6) is 0 Å². The minimum absolute atomic E-state index is 0.0799. The molecule has 2 N–H and O–H groups in total. The van der Waals surface area contributed by atoms with Crippen molar-refractivity contribution in [2.45, 2.75) is 13.8 Å². The van der Waals surface area contributed by atoms with Gasteiger partial charge in [-0.05, 0) is 19.9 Å². The van der Waals surface area contributed by atoms with Gasteiger partial charge in [0.05, 0.1) is 24.6 Å². The number of ether oxygens (including phenoxy) is 2. The Labute approximate surface area is 127 Å². The molecule has 1 heterocycles. The van der Waals surface area contributed by atoms with Crippen LogP contribution < -0.4 is 10.6 Å². The van der Waals surface area contributed by atoms with Gasteiger partial charge in [-0.1, -0.05) is 18.2 Å². The molecule has 0 atom stereocenters. The van der Waals surface area contributed by atoms with Gasteiger partial charge in [-0.3, -0.25) is 0 Å². The number of carbonyl (C=O) groups is 3. The first-order valence-corrected chi connectivity index (χ1v) is 6.84. The SMILES string of the molecule is CCOC(=O)C(C(=O)OCC)=C1NC(=O)Nc2ccccc21. The maximum atomic E-state index is 12.1. The van der Waals surface area contributed by atoms with E-state index in [0.29, 0.717) is 11.3 Å². The van der Waals surface area contributed by atoms with Crippen LogP contribution in [0.4, 0.5) is 10.5 Å². The Kier molecular flexibility index (Phi) is 4.77. The Morgan fingerprint density at radius 2 is 1.59 bits per heavy atom. The Bertz CT molecular complexity index is 631. The minimum atomic E-state index is -0.840. The van der Waals surface area contributed by atoms with E-state index in [0.717, 1.165) is 0 Å². The number of rotatable bonds is 4. The molecule has 0 unspecified atom stereocenters. The van der Waals surface area contributed by atoms with Crippen molar-refractivity contribution in [2.24, 2.45) is 0 Å². The molecule has 0 fully saturated rings. The lowest BCUT2D eigenvalue weighted by atomic mass is 10.0. The van der Waals surface area contributed by atoms with E-state index in [4.69, 9.17) is 9.47 Å². The normalized spacial score (nSPS) is 12.6. The predicted molar refractivity (Wildman–Crippen MR) is 78.8 cm³/mol. The smallest absolute Gasteiger partial charge is 0.347 e. The standard InChI is InChI=1S/C15H16N2O5/c1-3-21-13(18)11(14(19)22-4-2)12-9-7-5-6-8-10(9)16-15(20)17-12/h5-8H,3-4H2,1-2H3,(H2,16,17,20). The third kappa shape index (κ3) is 3.08. The van der Waals surface area contributed by atoms with E-state index in [1.807, 2.05) is 0 Å². The molecule has 1 aliphatic rings. The third-order valence-electron chi connectivity index (χ3n) is 2.89. The second-order valence-electron chi connectivity index (χ2n) is 4.32. The van der Waals surface area contributed by atoms with Crippen LogP contribution in [0.15, 0.2) is 29.8 Å². The van der Waals surface area contributed by atoms with Crippen molar-refractivity contribution in [3.63, 3.8) is 0 Å². The number of esters is 2. The summed E-state index contributed by atoms with van der Waals surface area (Å²) < 4.78 is 9.81. The van der Waals surface area contributed by atoms with Crippen LogP contribution in [0.3, 0.4) is 0 Å². The lowest BCUT2D eigenvalue weighted by molar-refractivity contribution is -0.146. The van der Waals surface area contributed by atoms with Gasteiger partial charge in [-0.25, -0.2) is 14.4 Å². The molecular formula is C15H16N2O5. The van der Waals surface area contributed by atoms with Crippen molar-refractivity contribution in [2.75, 3.05) is 18.5 Å². The summed E-state index contributed by atoms with van der Waals surface area (Å²) in [5.74, 6) is -1.68. The van der Waals surface area contributed by atoms with E-state index in [1.165, 1.54) is 0 Å². The summed E-state index contributed by atoms with van der Waals surface area (Å²) in [5, 5.41) is 5.08. The highest BCUT2D eigenvalue weighted by molar-refractivity contribution is 6.22. The number of fused-ring (bicyclic) bond motifs is 1. The summed E-state index contributed by atoms with van der Waals surface area (Å²) in [6.07, 6.45) is 0. The van der Waals surface area contributed by atoms with Crippen molar-refractivity contribution in [1.29, 1.82) is 0 Å². The summed E-state index contributed by atoms with van der Waals surface area (Å²) in [6.45, 7) is 3.45. The zero-order valence-electron chi connectivity index (χ0n) is 12.3. The lowest BCUT2D eigenvalue weighted by Crippen LogP contribution is -2.35. The van der Waals surface area contributed by atoms with Gasteiger partial charge in [0, 0.05) is 5.56 Å². The Morgan fingerprint density at radius 1 is 1.00 bits per heavy atom. The quantitative estimate of drug-likeness (QED) is 0.382. The average Bonchev–Trinajstić information content (AvgIpc) is 2.47. The second kappa shape index (κ2) is 6.75. The fourth-order valence-electron chi connectivity index (χ4n) is 2.04. The number of benzene rings is 1. The van der Waals surface area contributed by atoms with Crippen LogP contribution in [0, 0.1) is 0 Å². The van der Waals surface area contributed by atoms with Gasteiger partial charge in [0.25, 0.3) is 0 Å². The van der Waals surface area contributed by atoms with Gasteiger partial charge in [-0.2, -0.15) is 0 Å². The molecule has 0 radical (unpaired) electrons. The number of anilines is 1. The van der Waals surface area contributed by atoms with Gasteiger partial charge in [0.15, 0.2) is 5.57 Å². The number of carbonyl (C=O) groups excluding carboxylic acids is 3. The fourth-order valence-corrected chi connectivity index (χ4v) is 2.04. The van der Waals surface area contributed by atoms with Gasteiger partial charge in [-0.15, -0.1) is 0 Å². The molecule has 7 nitrogen and oxygen atoms in total. The van der Waals surface area contributed by atoms with Gasteiger partial charge >= 0.3 is 18.0 Å². The van der Waals surface area contributed by atoms with Gasteiger partial charge in [0.2, 0.25) is 0 Å². The first-order chi connectivity index (χ1) is 10.6. The minimum Gasteiger partial charge on any atom is -0.462 e. The summed E-state index contributed by atoms with van der Waals surface area (Å²) in [5.41, 5.74) is 0.757.